The summed E-state index contributed by atoms with van der Waals surface area (Å²) < 4.78 is 6.85. The highest BCUT2D eigenvalue weighted by Crippen LogP contribution is 2.32. The average molecular weight is 598 g/mol. The first-order valence-corrected chi connectivity index (χ1v) is 14.3. The predicted octanol–water partition coefficient (Wildman–Crippen LogP) is 5.51. The SMILES string of the molecule is COC(=O)c1ccc(C(=O)NCc2ccc(-n3c(-c4cccnc4N)nc4ccc(-c5ccccc5)nc43)cc2)cc1N(C)C. The number of nitrogens with zero attached hydrogens (tertiary/aromatic N) is 5. The number of aromatic nitrogens is 4. The number of nitrogens with two attached hydrogens (primary N) is 1. The molecule has 0 aliphatic carbocycles. The van der Waals surface area contributed by atoms with Crippen LogP contribution in [0.2, 0.25) is 0 Å². The highest BCUT2D eigenvalue weighted by atomic mass is 16.5. The Bertz CT molecular complexity index is 2020. The van der Waals surface area contributed by atoms with Crippen molar-refractivity contribution in [2.24, 2.45) is 0 Å². The van der Waals surface area contributed by atoms with Gasteiger partial charge in [0.15, 0.2) is 11.5 Å². The molecule has 3 aromatic heterocycles. The van der Waals surface area contributed by atoms with E-state index in [1.807, 2.05) is 83.4 Å². The zero-order valence-corrected chi connectivity index (χ0v) is 25.1. The minimum absolute atomic E-state index is 0.258. The van der Waals surface area contributed by atoms with E-state index in [-0.39, 0.29) is 5.91 Å². The van der Waals surface area contributed by atoms with Crippen molar-refractivity contribution in [2.45, 2.75) is 6.54 Å². The first-order chi connectivity index (χ1) is 21.8. The van der Waals surface area contributed by atoms with E-state index in [4.69, 9.17) is 20.4 Å². The van der Waals surface area contributed by atoms with Crippen LogP contribution in [0.1, 0.15) is 26.3 Å². The Labute approximate surface area is 260 Å². The molecule has 0 bridgehead atoms. The van der Waals surface area contributed by atoms with Gasteiger partial charge in [-0.1, -0.05) is 42.5 Å². The van der Waals surface area contributed by atoms with Gasteiger partial charge in [-0.15, -0.1) is 0 Å². The van der Waals surface area contributed by atoms with Crippen molar-refractivity contribution in [1.82, 2.24) is 24.8 Å². The summed E-state index contributed by atoms with van der Waals surface area (Å²) in [5, 5.41) is 2.97. The monoisotopic (exact) mass is 597 g/mol. The number of benzene rings is 3. The van der Waals surface area contributed by atoms with Crippen molar-refractivity contribution in [2.75, 3.05) is 31.8 Å². The molecule has 6 rings (SSSR count). The van der Waals surface area contributed by atoms with Crippen LogP contribution < -0.4 is 16.0 Å². The van der Waals surface area contributed by atoms with Crippen LogP contribution in [0.4, 0.5) is 11.5 Å². The minimum atomic E-state index is -0.461. The van der Waals surface area contributed by atoms with Gasteiger partial charge in [-0.25, -0.2) is 19.7 Å². The Hall–Kier alpha value is -6.03. The zero-order valence-electron chi connectivity index (χ0n) is 25.1. The van der Waals surface area contributed by atoms with Crippen LogP contribution in [0.15, 0.2) is 103 Å². The maximum atomic E-state index is 13.0. The number of hydrogen-bond donors (Lipinski definition) is 2. The maximum Gasteiger partial charge on any atom is 0.339 e. The van der Waals surface area contributed by atoms with E-state index < -0.39 is 5.97 Å². The summed E-state index contributed by atoms with van der Waals surface area (Å²) in [6.45, 7) is 0.304. The van der Waals surface area contributed by atoms with Crippen LogP contribution in [0, 0.1) is 0 Å². The Kier molecular flexibility index (Phi) is 7.94. The largest absolute Gasteiger partial charge is 0.465 e. The van der Waals surface area contributed by atoms with Gasteiger partial charge in [-0.3, -0.25) is 9.36 Å². The fraction of sp³-hybridized carbons (Fsp3) is 0.114. The molecule has 0 saturated carbocycles. The molecule has 0 aliphatic heterocycles. The van der Waals surface area contributed by atoms with Crippen molar-refractivity contribution < 1.29 is 14.3 Å². The highest BCUT2D eigenvalue weighted by molar-refractivity contribution is 6.00. The number of fused-ring (bicyclic) bond motifs is 1. The molecule has 0 radical (unpaired) electrons. The second kappa shape index (κ2) is 12.3. The maximum absolute atomic E-state index is 13.0. The van der Waals surface area contributed by atoms with Gasteiger partial charge in [0.2, 0.25) is 0 Å². The van der Waals surface area contributed by atoms with Gasteiger partial charge in [-0.05, 0) is 60.2 Å². The topological polar surface area (TPSA) is 128 Å². The van der Waals surface area contributed by atoms with Crippen molar-refractivity contribution >= 4 is 34.5 Å². The molecule has 6 aromatic rings. The van der Waals surface area contributed by atoms with Crippen LogP contribution in [0.5, 0.6) is 0 Å². The Morgan fingerprint density at radius 3 is 2.40 bits per heavy atom. The highest BCUT2D eigenvalue weighted by Gasteiger charge is 2.19. The third-order valence-corrected chi connectivity index (χ3v) is 7.45. The molecule has 3 aromatic carbocycles. The van der Waals surface area contributed by atoms with Crippen molar-refractivity contribution in [3.63, 3.8) is 0 Å². The van der Waals surface area contributed by atoms with E-state index in [1.54, 1.807) is 43.4 Å². The number of esters is 1. The average Bonchev–Trinajstić information content (AvgIpc) is 3.46. The molecular weight excluding hydrogens is 566 g/mol. The summed E-state index contributed by atoms with van der Waals surface area (Å²) in [7, 11) is 4.94. The molecular formula is C35H31N7O3. The van der Waals surface area contributed by atoms with E-state index >= 15 is 0 Å². The lowest BCUT2D eigenvalue weighted by Crippen LogP contribution is -2.24. The normalized spacial score (nSPS) is 10.9. The predicted molar refractivity (Wildman–Crippen MR) is 175 cm³/mol. The van der Waals surface area contributed by atoms with Gasteiger partial charge in [0.05, 0.1) is 29.6 Å². The standard InChI is InChI=1S/C35H31N7O3/c1-41(2)30-20-24(13-16-26(30)35(44)45-3)34(43)38-21-22-11-14-25(15-12-22)42-32(27-10-7-19-37-31(27)36)40-29-18-17-28(39-33(29)42)23-8-5-4-6-9-23/h4-20H,21H2,1-3H3,(H2,36,37)(H,38,43). The lowest BCUT2D eigenvalue weighted by molar-refractivity contribution is 0.0601. The van der Waals surface area contributed by atoms with Gasteiger partial charge in [-0.2, -0.15) is 0 Å². The van der Waals surface area contributed by atoms with Gasteiger partial charge < -0.3 is 20.7 Å². The van der Waals surface area contributed by atoms with E-state index in [9.17, 15) is 9.59 Å². The van der Waals surface area contributed by atoms with E-state index in [0.29, 0.717) is 46.2 Å². The Balaban J connectivity index is 1.30. The van der Waals surface area contributed by atoms with Crippen molar-refractivity contribution in [3.05, 3.63) is 120 Å². The molecule has 10 heteroatoms. The number of ether oxygens (including phenoxy) is 1. The lowest BCUT2D eigenvalue weighted by Gasteiger charge is -2.17. The molecule has 224 valence electrons. The number of nitrogens with one attached hydrogen (secondary N) is 1. The van der Waals surface area contributed by atoms with Crippen LogP contribution in [0.25, 0.3) is 39.5 Å². The Morgan fingerprint density at radius 2 is 1.69 bits per heavy atom. The molecule has 3 N–H and O–H groups in total. The number of anilines is 2. The molecule has 10 nitrogen and oxygen atoms in total. The molecule has 0 atom stereocenters. The number of methoxy groups -OCH3 is 1. The molecule has 0 spiro atoms. The van der Waals surface area contributed by atoms with Crippen LogP contribution in [-0.4, -0.2) is 52.6 Å². The van der Waals surface area contributed by atoms with Crippen molar-refractivity contribution in [1.29, 1.82) is 0 Å². The molecule has 0 fully saturated rings. The van der Waals surface area contributed by atoms with Gasteiger partial charge in [0.1, 0.15) is 11.3 Å². The fourth-order valence-electron chi connectivity index (χ4n) is 5.13. The number of hydrogen-bond acceptors (Lipinski definition) is 8. The minimum Gasteiger partial charge on any atom is -0.465 e. The molecule has 0 saturated heterocycles. The quantitative estimate of drug-likeness (QED) is 0.220. The number of imidazole rings is 1. The molecule has 3 heterocycles. The number of amides is 1. The summed E-state index contributed by atoms with van der Waals surface area (Å²) in [6.07, 6.45) is 1.65. The first kappa shape index (κ1) is 29.1. The number of pyridine rings is 2. The second-order valence-corrected chi connectivity index (χ2v) is 10.6. The van der Waals surface area contributed by atoms with Gasteiger partial charge >= 0.3 is 5.97 Å². The summed E-state index contributed by atoms with van der Waals surface area (Å²) in [6, 6.07) is 30.3. The summed E-state index contributed by atoms with van der Waals surface area (Å²) in [4.78, 5) is 41.1. The summed E-state index contributed by atoms with van der Waals surface area (Å²) in [5.41, 5.74) is 13.4. The van der Waals surface area contributed by atoms with Gasteiger partial charge in [0.25, 0.3) is 5.91 Å². The molecule has 1 amide bonds. The Morgan fingerprint density at radius 1 is 0.911 bits per heavy atom. The van der Waals surface area contributed by atoms with E-state index in [2.05, 4.69) is 10.3 Å². The van der Waals surface area contributed by atoms with Crippen molar-refractivity contribution in [3.8, 4) is 28.3 Å². The molecule has 0 aliphatic rings. The van der Waals surface area contributed by atoms with Crippen LogP contribution >= 0.6 is 0 Å². The fourth-order valence-corrected chi connectivity index (χ4v) is 5.13. The van der Waals surface area contributed by atoms with E-state index in [1.165, 1.54) is 7.11 Å². The van der Waals surface area contributed by atoms with Crippen LogP contribution in [0.3, 0.4) is 0 Å². The second-order valence-electron chi connectivity index (χ2n) is 10.6. The molecule has 0 unspecified atom stereocenters. The smallest absolute Gasteiger partial charge is 0.339 e. The third-order valence-electron chi connectivity index (χ3n) is 7.45. The lowest BCUT2D eigenvalue weighted by atomic mass is 10.1. The summed E-state index contributed by atoms with van der Waals surface area (Å²) in [5.74, 6) is 0.277. The van der Waals surface area contributed by atoms with Gasteiger partial charge in [0, 0.05) is 43.7 Å². The first-order valence-electron chi connectivity index (χ1n) is 14.3. The number of nitrogen functional groups attached to an aromatic ring is 1. The number of carbonyl (C=O) groups is 2. The zero-order chi connectivity index (χ0) is 31.5. The number of carbonyl (C=O) groups excluding carboxylic acids is 2. The van der Waals surface area contributed by atoms with Crippen LogP contribution in [-0.2, 0) is 11.3 Å². The number of rotatable bonds is 8. The molecule has 45 heavy (non-hydrogen) atoms. The summed E-state index contributed by atoms with van der Waals surface area (Å²) >= 11 is 0. The van der Waals surface area contributed by atoms with E-state index in [0.717, 1.165) is 28.0 Å². The third kappa shape index (κ3) is 5.81.